The van der Waals surface area contributed by atoms with E-state index in [1.165, 1.54) is 20.5 Å². The smallest absolute Gasteiger partial charge is 0.341 e. The number of methoxy groups -OCH3 is 2. The first kappa shape index (κ1) is 14.3. The van der Waals surface area contributed by atoms with Crippen LogP contribution in [0.2, 0.25) is 0 Å². The maximum absolute atomic E-state index is 11.8. The van der Waals surface area contributed by atoms with Crippen LogP contribution in [0.15, 0.2) is 23.0 Å². The Labute approximate surface area is 106 Å². The Morgan fingerprint density at radius 2 is 1.89 bits per heavy atom. The fourth-order valence-corrected chi connectivity index (χ4v) is 1.95. The highest BCUT2D eigenvalue weighted by atomic mass is 16.5. The molecular formula is C13H18O5. The molecule has 0 N–H and O–H groups in total. The molecule has 0 radical (unpaired) electrons. The highest BCUT2D eigenvalue weighted by molar-refractivity contribution is 5.99. The van der Waals surface area contributed by atoms with Crippen LogP contribution in [0.4, 0.5) is 0 Å². The van der Waals surface area contributed by atoms with Crippen molar-refractivity contribution in [2.75, 3.05) is 20.8 Å². The van der Waals surface area contributed by atoms with Crippen molar-refractivity contribution >= 4 is 11.9 Å². The number of hydrogen-bond acceptors (Lipinski definition) is 5. The van der Waals surface area contributed by atoms with E-state index in [0.717, 1.165) is 6.42 Å². The molecule has 0 unspecified atom stereocenters. The Morgan fingerprint density at radius 1 is 1.22 bits per heavy atom. The average Bonchev–Trinajstić information content (AvgIpc) is 2.84. The molecule has 0 bridgehead atoms. The Bertz CT molecular complexity index is 392. The Hall–Kier alpha value is -1.78. The molecule has 0 saturated carbocycles. The number of rotatable bonds is 5. The second kappa shape index (κ2) is 6.83. The van der Waals surface area contributed by atoms with E-state index < -0.39 is 5.97 Å². The SMILES string of the molecule is CCOC(=O)C1=C(/C(=C\OC)C(=O)OC)CCC1. The standard InChI is InChI=1S/C13H18O5/c1-4-18-13(15)10-7-5-6-9(10)11(8-16-2)12(14)17-3/h8H,4-7H2,1-3H3/b11-8+. The zero-order chi connectivity index (χ0) is 13.5. The highest BCUT2D eigenvalue weighted by Gasteiger charge is 2.28. The molecule has 0 aliphatic heterocycles. The maximum atomic E-state index is 11.8. The number of hydrogen-bond donors (Lipinski definition) is 0. The second-order valence-corrected chi connectivity index (χ2v) is 3.79. The molecule has 1 aliphatic rings. The van der Waals surface area contributed by atoms with Gasteiger partial charge in [0.25, 0.3) is 0 Å². The quantitative estimate of drug-likeness (QED) is 0.425. The van der Waals surface area contributed by atoms with E-state index in [9.17, 15) is 9.59 Å². The van der Waals surface area contributed by atoms with E-state index in [4.69, 9.17) is 14.2 Å². The third-order valence-corrected chi connectivity index (χ3v) is 2.71. The van der Waals surface area contributed by atoms with Crippen LogP contribution < -0.4 is 0 Å². The van der Waals surface area contributed by atoms with Crippen molar-refractivity contribution in [3.63, 3.8) is 0 Å². The van der Waals surface area contributed by atoms with Crippen LogP contribution >= 0.6 is 0 Å². The van der Waals surface area contributed by atoms with Crippen molar-refractivity contribution in [1.29, 1.82) is 0 Å². The topological polar surface area (TPSA) is 61.8 Å². The molecule has 1 rings (SSSR count). The van der Waals surface area contributed by atoms with Gasteiger partial charge in [-0.3, -0.25) is 0 Å². The van der Waals surface area contributed by atoms with Crippen LogP contribution in [-0.2, 0) is 23.8 Å². The van der Waals surface area contributed by atoms with Gasteiger partial charge in [-0.2, -0.15) is 0 Å². The Morgan fingerprint density at radius 3 is 2.44 bits per heavy atom. The number of esters is 2. The summed E-state index contributed by atoms with van der Waals surface area (Å²) in [7, 11) is 2.74. The largest absolute Gasteiger partial charge is 0.503 e. The molecule has 0 atom stereocenters. The molecule has 0 amide bonds. The van der Waals surface area contributed by atoms with Gasteiger partial charge in [-0.05, 0) is 31.8 Å². The minimum atomic E-state index is -0.504. The molecule has 0 fully saturated rings. The van der Waals surface area contributed by atoms with Gasteiger partial charge in [-0.1, -0.05) is 0 Å². The van der Waals surface area contributed by atoms with Crippen LogP contribution in [0, 0.1) is 0 Å². The summed E-state index contributed by atoms with van der Waals surface area (Å²) in [5.74, 6) is -0.869. The van der Waals surface area contributed by atoms with E-state index in [1.54, 1.807) is 6.92 Å². The van der Waals surface area contributed by atoms with Crippen LogP contribution in [-0.4, -0.2) is 32.8 Å². The molecule has 0 heterocycles. The van der Waals surface area contributed by atoms with E-state index >= 15 is 0 Å². The minimum Gasteiger partial charge on any atom is -0.503 e. The Balaban J connectivity index is 3.08. The zero-order valence-electron chi connectivity index (χ0n) is 10.9. The van der Waals surface area contributed by atoms with E-state index in [0.29, 0.717) is 36.2 Å². The molecule has 0 aromatic carbocycles. The summed E-state index contributed by atoms with van der Waals surface area (Å²) in [4.78, 5) is 23.4. The van der Waals surface area contributed by atoms with Gasteiger partial charge >= 0.3 is 11.9 Å². The predicted molar refractivity (Wildman–Crippen MR) is 64.6 cm³/mol. The van der Waals surface area contributed by atoms with Crippen molar-refractivity contribution < 1.29 is 23.8 Å². The first-order chi connectivity index (χ1) is 8.65. The van der Waals surface area contributed by atoms with Gasteiger partial charge in [0, 0.05) is 5.57 Å². The monoisotopic (exact) mass is 254 g/mol. The lowest BCUT2D eigenvalue weighted by Gasteiger charge is -2.09. The van der Waals surface area contributed by atoms with Gasteiger partial charge in [-0.15, -0.1) is 0 Å². The lowest BCUT2D eigenvalue weighted by atomic mass is 10.0. The Kier molecular flexibility index (Phi) is 5.42. The van der Waals surface area contributed by atoms with Gasteiger partial charge in [0.05, 0.1) is 32.7 Å². The van der Waals surface area contributed by atoms with E-state index in [1.807, 2.05) is 0 Å². The molecule has 1 aliphatic carbocycles. The summed E-state index contributed by atoms with van der Waals surface area (Å²) < 4.78 is 14.6. The number of carbonyl (C=O) groups excluding carboxylic acids is 2. The van der Waals surface area contributed by atoms with Crippen molar-refractivity contribution in [2.24, 2.45) is 0 Å². The molecule has 18 heavy (non-hydrogen) atoms. The summed E-state index contributed by atoms with van der Waals surface area (Å²) in [5, 5.41) is 0. The minimum absolute atomic E-state index is 0.292. The fraction of sp³-hybridized carbons (Fsp3) is 0.538. The lowest BCUT2D eigenvalue weighted by Crippen LogP contribution is -2.12. The molecule has 0 aromatic heterocycles. The molecule has 5 nitrogen and oxygen atoms in total. The third kappa shape index (κ3) is 3.12. The van der Waals surface area contributed by atoms with Crippen LogP contribution in [0.5, 0.6) is 0 Å². The van der Waals surface area contributed by atoms with Crippen LogP contribution in [0.1, 0.15) is 26.2 Å². The number of carbonyl (C=O) groups is 2. The summed E-state index contributed by atoms with van der Waals surface area (Å²) in [5.41, 5.74) is 1.51. The molecule has 5 heteroatoms. The normalized spacial score (nSPS) is 15.6. The van der Waals surface area contributed by atoms with Crippen molar-refractivity contribution in [1.82, 2.24) is 0 Å². The summed E-state index contributed by atoms with van der Waals surface area (Å²) in [6.45, 7) is 2.07. The van der Waals surface area contributed by atoms with Crippen LogP contribution in [0.25, 0.3) is 0 Å². The van der Waals surface area contributed by atoms with Gasteiger partial charge < -0.3 is 14.2 Å². The second-order valence-electron chi connectivity index (χ2n) is 3.79. The average molecular weight is 254 g/mol. The number of ether oxygens (including phenoxy) is 3. The summed E-state index contributed by atoms with van der Waals surface area (Å²) in [6.07, 6.45) is 3.40. The first-order valence-corrected chi connectivity index (χ1v) is 5.86. The molecule has 0 spiro atoms. The molecule has 0 aromatic rings. The summed E-state index contributed by atoms with van der Waals surface area (Å²) >= 11 is 0. The first-order valence-electron chi connectivity index (χ1n) is 5.86. The molecular weight excluding hydrogens is 236 g/mol. The summed E-state index contributed by atoms with van der Waals surface area (Å²) in [6, 6.07) is 0. The third-order valence-electron chi connectivity index (χ3n) is 2.71. The van der Waals surface area contributed by atoms with Crippen LogP contribution in [0.3, 0.4) is 0 Å². The van der Waals surface area contributed by atoms with Gasteiger partial charge in [0.2, 0.25) is 0 Å². The van der Waals surface area contributed by atoms with E-state index in [2.05, 4.69) is 0 Å². The predicted octanol–water partition coefficient (Wildman–Crippen LogP) is 1.73. The molecule has 100 valence electrons. The lowest BCUT2D eigenvalue weighted by molar-refractivity contribution is -0.138. The fourth-order valence-electron chi connectivity index (χ4n) is 1.95. The zero-order valence-corrected chi connectivity index (χ0v) is 10.9. The van der Waals surface area contributed by atoms with E-state index in [-0.39, 0.29) is 5.97 Å². The van der Waals surface area contributed by atoms with Gasteiger partial charge in [0.1, 0.15) is 0 Å². The molecule has 0 saturated heterocycles. The van der Waals surface area contributed by atoms with Crippen molar-refractivity contribution in [3.05, 3.63) is 23.0 Å². The van der Waals surface area contributed by atoms with Gasteiger partial charge in [0.15, 0.2) is 0 Å². The van der Waals surface area contributed by atoms with Crippen molar-refractivity contribution in [3.8, 4) is 0 Å². The highest BCUT2D eigenvalue weighted by Crippen LogP contribution is 2.32. The van der Waals surface area contributed by atoms with Gasteiger partial charge in [-0.25, -0.2) is 9.59 Å². The van der Waals surface area contributed by atoms with Crippen molar-refractivity contribution in [2.45, 2.75) is 26.2 Å². The maximum Gasteiger partial charge on any atom is 0.341 e.